The lowest BCUT2D eigenvalue weighted by atomic mass is 10.1. The normalized spacial score (nSPS) is 16.0. The van der Waals surface area contributed by atoms with E-state index in [0.29, 0.717) is 20.5 Å². The van der Waals surface area contributed by atoms with Crippen LogP contribution in [0.25, 0.3) is 6.08 Å². The topological polar surface area (TPSA) is 70.5 Å². The Kier molecular flexibility index (Phi) is 4.73. The predicted molar refractivity (Wildman–Crippen MR) is 97.7 cm³/mol. The molecule has 3 rings (SSSR count). The molecule has 5 nitrogen and oxygen atoms in total. The van der Waals surface area contributed by atoms with Crippen molar-refractivity contribution in [3.05, 3.63) is 64.8 Å². The van der Waals surface area contributed by atoms with Crippen molar-refractivity contribution in [1.29, 1.82) is 0 Å². The molecule has 7 heteroatoms. The van der Waals surface area contributed by atoms with Gasteiger partial charge in [0.15, 0.2) is 4.32 Å². The standard InChI is InChI=1S/C17H12N2O3S2/c20-15(21)9-11-3-5-13(6-4-11)19-16(22)14(24-17(19)23)8-12-2-1-7-18-10-12/h1-8,10H,9H2,(H,20,21)/b14-8+. The summed E-state index contributed by atoms with van der Waals surface area (Å²) >= 11 is 6.55. The zero-order valence-corrected chi connectivity index (χ0v) is 14.0. The number of thioether (sulfide) groups is 1. The number of thiocarbonyl (C=S) groups is 1. The maximum Gasteiger partial charge on any atom is 0.307 e. The van der Waals surface area contributed by atoms with Crippen LogP contribution in [-0.2, 0) is 16.0 Å². The molecular weight excluding hydrogens is 344 g/mol. The van der Waals surface area contributed by atoms with E-state index in [2.05, 4.69) is 4.98 Å². The number of anilines is 1. The van der Waals surface area contributed by atoms with Crippen LogP contribution in [-0.4, -0.2) is 26.3 Å². The van der Waals surface area contributed by atoms with Crippen molar-refractivity contribution in [1.82, 2.24) is 4.98 Å². The van der Waals surface area contributed by atoms with Gasteiger partial charge in [-0.25, -0.2) is 0 Å². The van der Waals surface area contributed by atoms with Gasteiger partial charge < -0.3 is 5.11 Å². The molecule has 1 fully saturated rings. The van der Waals surface area contributed by atoms with E-state index < -0.39 is 5.97 Å². The molecule has 1 amide bonds. The molecule has 1 saturated heterocycles. The molecule has 1 aliphatic heterocycles. The summed E-state index contributed by atoms with van der Waals surface area (Å²) in [6.45, 7) is 0. The van der Waals surface area contributed by atoms with E-state index in [0.717, 1.165) is 5.56 Å². The molecule has 2 heterocycles. The van der Waals surface area contributed by atoms with Crippen molar-refractivity contribution in [3.8, 4) is 0 Å². The molecule has 1 aromatic heterocycles. The van der Waals surface area contributed by atoms with Gasteiger partial charge in [0.25, 0.3) is 5.91 Å². The van der Waals surface area contributed by atoms with Crippen molar-refractivity contribution in [3.63, 3.8) is 0 Å². The van der Waals surface area contributed by atoms with Gasteiger partial charge >= 0.3 is 5.97 Å². The summed E-state index contributed by atoms with van der Waals surface area (Å²) in [7, 11) is 0. The number of amides is 1. The van der Waals surface area contributed by atoms with E-state index in [9.17, 15) is 9.59 Å². The number of hydrogen-bond acceptors (Lipinski definition) is 5. The second-order valence-electron chi connectivity index (χ2n) is 5.04. The number of hydrogen-bond donors (Lipinski definition) is 1. The Morgan fingerprint density at radius 1 is 1.29 bits per heavy atom. The van der Waals surface area contributed by atoms with Crippen LogP contribution in [0.3, 0.4) is 0 Å². The first-order chi connectivity index (χ1) is 11.5. The van der Waals surface area contributed by atoms with Crippen LogP contribution >= 0.6 is 24.0 Å². The van der Waals surface area contributed by atoms with Crippen molar-refractivity contribution in [2.75, 3.05) is 4.90 Å². The molecule has 1 aromatic carbocycles. The summed E-state index contributed by atoms with van der Waals surface area (Å²) < 4.78 is 0.445. The average molecular weight is 356 g/mol. The molecule has 0 bridgehead atoms. The molecule has 120 valence electrons. The number of benzene rings is 1. The molecule has 0 aliphatic carbocycles. The van der Waals surface area contributed by atoms with E-state index in [-0.39, 0.29) is 12.3 Å². The van der Waals surface area contributed by atoms with E-state index in [1.165, 1.54) is 16.7 Å². The predicted octanol–water partition coefficient (Wildman–Crippen LogP) is 3.11. The number of pyridine rings is 1. The van der Waals surface area contributed by atoms with E-state index >= 15 is 0 Å². The van der Waals surface area contributed by atoms with E-state index in [1.54, 1.807) is 48.8 Å². The third-order valence-corrected chi connectivity index (χ3v) is 4.63. The lowest BCUT2D eigenvalue weighted by molar-refractivity contribution is -0.136. The van der Waals surface area contributed by atoms with Crippen LogP contribution < -0.4 is 4.90 Å². The fourth-order valence-electron chi connectivity index (χ4n) is 2.24. The van der Waals surface area contributed by atoms with Crippen molar-refractivity contribution < 1.29 is 14.7 Å². The summed E-state index contributed by atoms with van der Waals surface area (Å²) in [5.74, 6) is -1.09. The number of aromatic nitrogens is 1. The first-order valence-corrected chi connectivity index (χ1v) is 8.26. The molecule has 24 heavy (non-hydrogen) atoms. The second-order valence-corrected chi connectivity index (χ2v) is 6.72. The lowest BCUT2D eigenvalue weighted by Crippen LogP contribution is -2.27. The van der Waals surface area contributed by atoms with Crippen molar-refractivity contribution in [2.24, 2.45) is 0 Å². The monoisotopic (exact) mass is 356 g/mol. The first-order valence-electron chi connectivity index (χ1n) is 7.03. The molecule has 0 unspecified atom stereocenters. The maximum atomic E-state index is 12.6. The first kappa shape index (κ1) is 16.4. The maximum absolute atomic E-state index is 12.6. The van der Waals surface area contributed by atoms with Gasteiger partial charge in [-0.3, -0.25) is 19.5 Å². The van der Waals surface area contributed by atoms with Crippen LogP contribution in [0.2, 0.25) is 0 Å². The summed E-state index contributed by atoms with van der Waals surface area (Å²) in [6.07, 6.45) is 5.04. The summed E-state index contributed by atoms with van der Waals surface area (Å²) in [4.78, 5) is 29.4. The molecule has 1 N–H and O–H groups in total. The fourth-order valence-corrected chi connectivity index (χ4v) is 3.54. The minimum absolute atomic E-state index is 0.0560. The molecule has 0 atom stereocenters. The van der Waals surface area contributed by atoms with Gasteiger partial charge in [0, 0.05) is 12.4 Å². The van der Waals surface area contributed by atoms with Gasteiger partial charge in [0.05, 0.1) is 17.0 Å². The van der Waals surface area contributed by atoms with Crippen molar-refractivity contribution in [2.45, 2.75) is 6.42 Å². The Balaban J connectivity index is 1.84. The molecule has 0 saturated carbocycles. The van der Waals surface area contributed by atoms with Gasteiger partial charge in [-0.1, -0.05) is 42.2 Å². The SMILES string of the molecule is O=C(O)Cc1ccc(N2C(=O)/C(=C\c3cccnc3)SC2=S)cc1. The Hall–Kier alpha value is -2.51. The highest BCUT2D eigenvalue weighted by Crippen LogP contribution is 2.35. The van der Waals surface area contributed by atoms with E-state index in [4.69, 9.17) is 17.3 Å². The fraction of sp³-hybridized carbons (Fsp3) is 0.0588. The highest BCUT2D eigenvalue weighted by atomic mass is 32.2. The van der Waals surface area contributed by atoms with Crippen molar-refractivity contribution >= 4 is 51.9 Å². The van der Waals surface area contributed by atoms with Gasteiger partial charge in [0.2, 0.25) is 0 Å². The van der Waals surface area contributed by atoms with Crippen LogP contribution in [0.15, 0.2) is 53.7 Å². The zero-order valence-electron chi connectivity index (χ0n) is 12.4. The van der Waals surface area contributed by atoms with Crippen LogP contribution in [0.5, 0.6) is 0 Å². The third kappa shape index (κ3) is 3.52. The molecule has 0 radical (unpaired) electrons. The van der Waals surface area contributed by atoms with E-state index in [1.807, 2.05) is 6.07 Å². The minimum atomic E-state index is -0.896. The van der Waals surface area contributed by atoms with Gasteiger partial charge in [-0.2, -0.15) is 0 Å². The highest BCUT2D eigenvalue weighted by molar-refractivity contribution is 8.27. The zero-order chi connectivity index (χ0) is 17.1. The van der Waals surface area contributed by atoms with Gasteiger partial charge in [0.1, 0.15) is 0 Å². The number of carboxylic acids is 1. The largest absolute Gasteiger partial charge is 0.481 e. The average Bonchev–Trinajstić information content (AvgIpc) is 2.83. The number of carboxylic acid groups (broad SMARTS) is 1. The molecular formula is C17H12N2O3S2. The molecule has 0 spiro atoms. The number of rotatable bonds is 4. The number of nitrogens with zero attached hydrogens (tertiary/aromatic N) is 2. The quantitative estimate of drug-likeness (QED) is 0.670. The second kappa shape index (κ2) is 6.94. The molecule has 1 aliphatic rings. The number of aliphatic carboxylic acids is 1. The minimum Gasteiger partial charge on any atom is -0.481 e. The summed E-state index contributed by atoms with van der Waals surface area (Å²) in [5, 5.41) is 8.81. The Labute approximate surface area is 148 Å². The van der Waals surface area contributed by atoms with Gasteiger partial charge in [-0.15, -0.1) is 0 Å². The number of carbonyl (C=O) groups is 2. The van der Waals surface area contributed by atoms with Crippen LogP contribution in [0, 0.1) is 0 Å². The summed E-state index contributed by atoms with van der Waals surface area (Å²) in [5.41, 5.74) is 2.12. The smallest absolute Gasteiger partial charge is 0.307 e. The number of carbonyl (C=O) groups excluding carboxylic acids is 1. The summed E-state index contributed by atoms with van der Waals surface area (Å²) in [6, 6.07) is 10.4. The van der Waals surface area contributed by atoms with Crippen LogP contribution in [0.1, 0.15) is 11.1 Å². The lowest BCUT2D eigenvalue weighted by Gasteiger charge is -2.14. The third-order valence-electron chi connectivity index (χ3n) is 3.33. The Morgan fingerprint density at radius 3 is 2.67 bits per heavy atom. The highest BCUT2D eigenvalue weighted by Gasteiger charge is 2.33. The van der Waals surface area contributed by atoms with Crippen LogP contribution in [0.4, 0.5) is 5.69 Å². The Morgan fingerprint density at radius 2 is 2.04 bits per heavy atom. The molecule has 2 aromatic rings. The Bertz CT molecular complexity index is 833. The van der Waals surface area contributed by atoms with Gasteiger partial charge in [-0.05, 0) is 35.4 Å².